The van der Waals surface area contributed by atoms with Crippen molar-refractivity contribution in [2.24, 2.45) is 0 Å². The molecule has 1 aliphatic carbocycles. The summed E-state index contributed by atoms with van der Waals surface area (Å²) in [5, 5.41) is 13.3. The third-order valence-electron chi connectivity index (χ3n) is 7.01. The summed E-state index contributed by atoms with van der Waals surface area (Å²) in [4.78, 5) is 6.85. The van der Waals surface area contributed by atoms with Gasteiger partial charge in [0.1, 0.15) is 0 Å². The number of nitrogens with zero attached hydrogens (tertiary/aromatic N) is 6. The monoisotopic (exact) mass is 446 g/mol. The SMILES string of the molecule is Cc1ccc([C@H](c2nnnn2C2CCCCC2)N(Cc2cccnc2)C[C@H]2CCCO2)cc1. The van der Waals surface area contributed by atoms with Gasteiger partial charge in [-0.25, -0.2) is 4.68 Å². The van der Waals surface area contributed by atoms with E-state index < -0.39 is 0 Å². The molecule has 0 amide bonds. The van der Waals surface area contributed by atoms with Gasteiger partial charge in [-0.15, -0.1) is 5.10 Å². The fourth-order valence-corrected chi connectivity index (χ4v) is 5.28. The van der Waals surface area contributed by atoms with Crippen LogP contribution < -0.4 is 0 Å². The van der Waals surface area contributed by atoms with Gasteiger partial charge in [-0.1, -0.05) is 55.2 Å². The van der Waals surface area contributed by atoms with Crippen molar-refractivity contribution >= 4 is 0 Å². The van der Waals surface area contributed by atoms with Gasteiger partial charge in [0.25, 0.3) is 0 Å². The standard InChI is InChI=1S/C26H34N6O/c1-20-11-13-22(14-12-20)25(26-28-29-30-32(26)23-8-3-2-4-9-23)31(19-24-10-6-16-33-24)18-21-7-5-15-27-17-21/h5,7,11-15,17,23-25H,2-4,6,8-10,16,18-19H2,1H3/t24-,25-/m1/s1. The van der Waals surface area contributed by atoms with E-state index in [1.54, 1.807) is 0 Å². The first kappa shape index (κ1) is 22.2. The van der Waals surface area contributed by atoms with Crippen molar-refractivity contribution in [2.75, 3.05) is 13.2 Å². The summed E-state index contributed by atoms with van der Waals surface area (Å²) in [5.41, 5.74) is 3.65. The van der Waals surface area contributed by atoms with Crippen molar-refractivity contribution < 1.29 is 4.74 Å². The van der Waals surface area contributed by atoms with E-state index in [1.807, 2.05) is 18.5 Å². The molecule has 7 nitrogen and oxygen atoms in total. The maximum absolute atomic E-state index is 6.07. The molecule has 5 rings (SSSR count). The lowest BCUT2D eigenvalue weighted by Gasteiger charge is -2.34. The van der Waals surface area contributed by atoms with Gasteiger partial charge in [0, 0.05) is 32.1 Å². The van der Waals surface area contributed by atoms with Gasteiger partial charge in [-0.05, 0) is 60.2 Å². The van der Waals surface area contributed by atoms with Crippen molar-refractivity contribution in [3.05, 3.63) is 71.3 Å². The largest absolute Gasteiger partial charge is 0.377 e. The number of hydrogen-bond acceptors (Lipinski definition) is 6. The molecule has 174 valence electrons. The second-order valence-corrected chi connectivity index (χ2v) is 9.51. The summed E-state index contributed by atoms with van der Waals surface area (Å²) < 4.78 is 8.19. The summed E-state index contributed by atoms with van der Waals surface area (Å²) in [6, 6.07) is 13.3. The number of pyridine rings is 1. The molecule has 1 saturated carbocycles. The van der Waals surface area contributed by atoms with Crippen molar-refractivity contribution in [2.45, 2.75) is 76.6 Å². The number of ether oxygens (including phenoxy) is 1. The fraction of sp³-hybridized carbons (Fsp3) is 0.538. The molecule has 0 N–H and O–H groups in total. The zero-order valence-electron chi connectivity index (χ0n) is 19.5. The average molecular weight is 447 g/mol. The molecule has 7 heteroatoms. The highest BCUT2D eigenvalue weighted by molar-refractivity contribution is 5.29. The Balaban J connectivity index is 1.55. The highest BCUT2D eigenvalue weighted by Gasteiger charge is 2.33. The molecule has 0 bridgehead atoms. The minimum Gasteiger partial charge on any atom is -0.377 e. The van der Waals surface area contributed by atoms with E-state index >= 15 is 0 Å². The van der Waals surface area contributed by atoms with Crippen LogP contribution >= 0.6 is 0 Å². The summed E-state index contributed by atoms with van der Waals surface area (Å²) in [6.07, 6.45) is 12.3. The Hall–Kier alpha value is -2.64. The van der Waals surface area contributed by atoms with Crippen LogP contribution in [-0.4, -0.2) is 49.3 Å². The molecule has 3 heterocycles. The number of rotatable bonds is 8. The van der Waals surface area contributed by atoms with Gasteiger partial charge < -0.3 is 4.74 Å². The van der Waals surface area contributed by atoms with Gasteiger partial charge in [-0.2, -0.15) is 0 Å². The highest BCUT2D eigenvalue weighted by atomic mass is 16.5. The molecule has 2 atom stereocenters. The number of benzene rings is 1. The Labute approximate surface area is 196 Å². The van der Waals surface area contributed by atoms with Crippen molar-refractivity contribution in [1.82, 2.24) is 30.1 Å². The van der Waals surface area contributed by atoms with Crippen LogP contribution in [0.2, 0.25) is 0 Å². The zero-order valence-corrected chi connectivity index (χ0v) is 19.5. The lowest BCUT2D eigenvalue weighted by Crippen LogP contribution is -2.37. The van der Waals surface area contributed by atoms with Crippen molar-refractivity contribution in [3.63, 3.8) is 0 Å². The first-order valence-electron chi connectivity index (χ1n) is 12.4. The average Bonchev–Trinajstić information content (AvgIpc) is 3.54. The number of tetrazole rings is 1. The van der Waals surface area contributed by atoms with E-state index in [4.69, 9.17) is 4.74 Å². The van der Waals surface area contributed by atoms with E-state index in [0.29, 0.717) is 6.04 Å². The van der Waals surface area contributed by atoms with Gasteiger partial charge in [0.05, 0.1) is 18.2 Å². The third kappa shape index (κ3) is 5.31. The molecule has 1 aromatic carbocycles. The summed E-state index contributed by atoms with van der Waals surface area (Å²) >= 11 is 0. The van der Waals surface area contributed by atoms with Crippen molar-refractivity contribution in [1.29, 1.82) is 0 Å². The van der Waals surface area contributed by atoms with E-state index in [0.717, 1.165) is 51.2 Å². The van der Waals surface area contributed by atoms with Crippen LogP contribution in [0.1, 0.15) is 79.5 Å². The number of aryl methyl sites for hydroxylation is 1. The van der Waals surface area contributed by atoms with Crippen LogP contribution in [0, 0.1) is 6.92 Å². The van der Waals surface area contributed by atoms with Crippen molar-refractivity contribution in [3.8, 4) is 0 Å². The molecule has 1 saturated heterocycles. The lowest BCUT2D eigenvalue weighted by molar-refractivity contribution is 0.0569. The molecule has 2 aliphatic rings. The molecule has 0 unspecified atom stereocenters. The second kappa shape index (κ2) is 10.5. The first-order valence-corrected chi connectivity index (χ1v) is 12.4. The van der Waals surface area contributed by atoms with Crippen LogP contribution in [0.25, 0.3) is 0 Å². The minimum absolute atomic E-state index is 0.0491. The Bertz CT molecular complexity index is 993. The lowest BCUT2D eigenvalue weighted by atomic mass is 9.94. The molecule has 0 radical (unpaired) electrons. The van der Waals surface area contributed by atoms with Gasteiger partial charge in [-0.3, -0.25) is 9.88 Å². The smallest absolute Gasteiger partial charge is 0.173 e. The molecule has 33 heavy (non-hydrogen) atoms. The predicted octanol–water partition coefficient (Wildman–Crippen LogP) is 4.65. The molecular formula is C26H34N6O. The van der Waals surface area contributed by atoms with Gasteiger partial charge >= 0.3 is 0 Å². The maximum Gasteiger partial charge on any atom is 0.173 e. The highest BCUT2D eigenvalue weighted by Crippen LogP contribution is 2.34. The van der Waals surface area contributed by atoms with Crippen LogP contribution in [0.4, 0.5) is 0 Å². The Morgan fingerprint density at radius 2 is 1.91 bits per heavy atom. The summed E-state index contributed by atoms with van der Waals surface area (Å²) in [6.45, 7) is 4.58. The van der Waals surface area contributed by atoms with Crippen LogP contribution in [0.3, 0.4) is 0 Å². The van der Waals surface area contributed by atoms with E-state index in [9.17, 15) is 0 Å². The predicted molar refractivity (Wildman–Crippen MR) is 127 cm³/mol. The molecule has 2 aromatic heterocycles. The Morgan fingerprint density at radius 1 is 1.06 bits per heavy atom. The Kier molecular flexibility index (Phi) is 7.07. The Morgan fingerprint density at radius 3 is 2.64 bits per heavy atom. The van der Waals surface area contributed by atoms with Gasteiger partial charge in [0.15, 0.2) is 5.82 Å². The van der Waals surface area contributed by atoms with E-state index in [2.05, 4.69) is 67.3 Å². The molecule has 3 aromatic rings. The van der Waals surface area contributed by atoms with E-state index in [1.165, 1.54) is 36.0 Å². The summed E-state index contributed by atoms with van der Waals surface area (Å²) in [5.74, 6) is 0.938. The first-order chi connectivity index (χ1) is 16.3. The van der Waals surface area contributed by atoms with Crippen LogP contribution in [0.15, 0.2) is 48.8 Å². The number of aromatic nitrogens is 5. The fourth-order valence-electron chi connectivity index (χ4n) is 5.28. The summed E-state index contributed by atoms with van der Waals surface area (Å²) in [7, 11) is 0. The minimum atomic E-state index is -0.0491. The number of hydrogen-bond donors (Lipinski definition) is 0. The zero-order chi connectivity index (χ0) is 22.5. The van der Waals surface area contributed by atoms with Gasteiger partial charge in [0.2, 0.25) is 0 Å². The van der Waals surface area contributed by atoms with Crippen LogP contribution in [0.5, 0.6) is 0 Å². The molecular weight excluding hydrogens is 412 g/mol. The normalized spacial score (nSPS) is 20.4. The quantitative estimate of drug-likeness (QED) is 0.502. The molecule has 0 spiro atoms. The molecule has 2 fully saturated rings. The van der Waals surface area contributed by atoms with Crippen LogP contribution in [-0.2, 0) is 11.3 Å². The second-order valence-electron chi connectivity index (χ2n) is 9.51. The maximum atomic E-state index is 6.07. The molecule has 1 aliphatic heterocycles. The third-order valence-corrected chi connectivity index (χ3v) is 7.01. The van der Waals surface area contributed by atoms with E-state index in [-0.39, 0.29) is 12.1 Å². The topological polar surface area (TPSA) is 69.0 Å².